The van der Waals surface area contributed by atoms with Crippen LogP contribution >= 0.6 is 0 Å². The molecule has 120 valence electrons. The zero-order chi connectivity index (χ0) is 15.9. The fourth-order valence-electron chi connectivity index (χ4n) is 1.79. The topological polar surface area (TPSA) is 21.3 Å². The molecule has 4 heteroatoms. The first-order chi connectivity index (χ1) is 9.72. The number of benzene rings is 1. The van der Waals surface area contributed by atoms with E-state index in [4.69, 9.17) is 4.43 Å². The third-order valence-corrected chi connectivity index (χ3v) is 8.82. The minimum atomic E-state index is -1.61. The number of rotatable bonds is 8. The van der Waals surface area contributed by atoms with Crippen molar-refractivity contribution in [3.8, 4) is 0 Å². The molecule has 1 rings (SSSR count). The van der Waals surface area contributed by atoms with E-state index in [2.05, 4.69) is 39.2 Å². The number of hydrogen-bond acceptors (Lipinski definition) is 2. The predicted molar refractivity (Wildman–Crippen MR) is 90.7 cm³/mol. The fraction of sp³-hybridized carbons (Fsp3) is 0.647. The second-order valence-corrected chi connectivity index (χ2v) is 11.9. The number of aryl methyl sites for hydroxylation is 1. The summed E-state index contributed by atoms with van der Waals surface area (Å²) in [4.78, 5) is 0. The fourth-order valence-corrected chi connectivity index (χ4v) is 2.83. The lowest BCUT2D eigenvalue weighted by Gasteiger charge is -2.36. The largest absolute Gasteiger partial charge is 0.416 e. The summed E-state index contributed by atoms with van der Waals surface area (Å²) in [5.74, 6) is -0.167. The Bertz CT molecular complexity index is 412. The molecule has 0 aliphatic heterocycles. The standard InChI is InChI=1S/C17H30FNOSi/c1-17(2,3)21(4,5)20-14-13-19-12-6-7-15-8-10-16(18)11-9-15/h8-11,19H,6-7,12-14H2,1-5H3. The molecule has 2 nitrogen and oxygen atoms in total. The summed E-state index contributed by atoms with van der Waals surface area (Å²) in [6.45, 7) is 14.0. The third kappa shape index (κ3) is 6.72. The Labute approximate surface area is 130 Å². The summed E-state index contributed by atoms with van der Waals surface area (Å²) in [5.41, 5.74) is 1.19. The monoisotopic (exact) mass is 311 g/mol. The average molecular weight is 312 g/mol. The van der Waals surface area contributed by atoms with Gasteiger partial charge in [0.15, 0.2) is 8.32 Å². The Morgan fingerprint density at radius 2 is 1.71 bits per heavy atom. The molecule has 0 fully saturated rings. The van der Waals surface area contributed by atoms with Crippen molar-refractivity contribution in [3.63, 3.8) is 0 Å². The summed E-state index contributed by atoms with van der Waals surface area (Å²) in [6, 6.07) is 6.76. The average Bonchev–Trinajstić information content (AvgIpc) is 2.38. The van der Waals surface area contributed by atoms with Gasteiger partial charge in [0, 0.05) is 13.2 Å². The van der Waals surface area contributed by atoms with E-state index in [1.54, 1.807) is 0 Å². The van der Waals surface area contributed by atoms with Crippen LogP contribution in [0.2, 0.25) is 18.1 Å². The summed E-state index contributed by atoms with van der Waals surface area (Å²) in [6.07, 6.45) is 2.04. The van der Waals surface area contributed by atoms with E-state index in [1.807, 2.05) is 12.1 Å². The zero-order valence-corrected chi connectivity index (χ0v) is 15.1. The van der Waals surface area contributed by atoms with Crippen LogP contribution in [-0.2, 0) is 10.8 Å². The quantitative estimate of drug-likeness (QED) is 0.568. The molecule has 0 saturated heterocycles. The van der Waals surface area contributed by atoms with Crippen LogP contribution in [0.1, 0.15) is 32.8 Å². The summed E-state index contributed by atoms with van der Waals surface area (Å²) < 4.78 is 18.9. The van der Waals surface area contributed by atoms with Gasteiger partial charge < -0.3 is 9.74 Å². The molecule has 0 spiro atoms. The Hall–Kier alpha value is -0.713. The van der Waals surface area contributed by atoms with Crippen molar-refractivity contribution < 1.29 is 8.82 Å². The van der Waals surface area contributed by atoms with Crippen molar-refractivity contribution in [1.29, 1.82) is 0 Å². The first-order valence-electron chi connectivity index (χ1n) is 7.81. The molecule has 21 heavy (non-hydrogen) atoms. The molecule has 0 radical (unpaired) electrons. The minimum absolute atomic E-state index is 0.167. The lowest BCUT2D eigenvalue weighted by molar-refractivity contribution is 0.286. The third-order valence-electron chi connectivity index (χ3n) is 4.28. The van der Waals surface area contributed by atoms with Crippen molar-refractivity contribution >= 4 is 8.32 Å². The second kappa shape index (κ2) is 8.06. The van der Waals surface area contributed by atoms with E-state index in [1.165, 1.54) is 17.7 Å². The minimum Gasteiger partial charge on any atom is -0.416 e. The molecule has 0 unspecified atom stereocenters. The van der Waals surface area contributed by atoms with Gasteiger partial charge in [0.1, 0.15) is 5.82 Å². The normalized spacial score (nSPS) is 12.7. The van der Waals surface area contributed by atoms with Gasteiger partial charge in [0.2, 0.25) is 0 Å². The van der Waals surface area contributed by atoms with Crippen LogP contribution in [0.3, 0.4) is 0 Å². The van der Waals surface area contributed by atoms with Gasteiger partial charge in [0.25, 0.3) is 0 Å². The van der Waals surface area contributed by atoms with E-state index < -0.39 is 8.32 Å². The van der Waals surface area contributed by atoms with Gasteiger partial charge in [-0.1, -0.05) is 32.9 Å². The molecule has 0 amide bonds. The first kappa shape index (κ1) is 18.3. The summed E-state index contributed by atoms with van der Waals surface area (Å²) in [7, 11) is -1.61. The number of halogens is 1. The number of hydrogen-bond donors (Lipinski definition) is 1. The molecular formula is C17H30FNOSi. The van der Waals surface area contributed by atoms with Crippen LogP contribution < -0.4 is 5.32 Å². The van der Waals surface area contributed by atoms with E-state index in [-0.39, 0.29) is 10.9 Å². The molecule has 0 bridgehead atoms. The van der Waals surface area contributed by atoms with Crippen LogP contribution in [-0.4, -0.2) is 28.0 Å². The van der Waals surface area contributed by atoms with Crippen LogP contribution in [0.15, 0.2) is 24.3 Å². The Balaban J connectivity index is 2.09. The van der Waals surface area contributed by atoms with Crippen LogP contribution in [0.5, 0.6) is 0 Å². The second-order valence-electron chi connectivity index (χ2n) is 7.09. The first-order valence-corrected chi connectivity index (χ1v) is 10.7. The van der Waals surface area contributed by atoms with Crippen LogP contribution in [0.25, 0.3) is 0 Å². The molecule has 0 aliphatic carbocycles. The smallest absolute Gasteiger partial charge is 0.192 e. The molecule has 1 aromatic carbocycles. The van der Waals surface area contributed by atoms with Gasteiger partial charge in [-0.3, -0.25) is 0 Å². The van der Waals surface area contributed by atoms with Crippen molar-refractivity contribution in [3.05, 3.63) is 35.6 Å². The van der Waals surface area contributed by atoms with E-state index in [9.17, 15) is 4.39 Å². The van der Waals surface area contributed by atoms with E-state index in [0.29, 0.717) is 0 Å². The van der Waals surface area contributed by atoms with Gasteiger partial charge in [-0.05, 0) is 55.2 Å². The maximum absolute atomic E-state index is 12.8. The van der Waals surface area contributed by atoms with Gasteiger partial charge >= 0.3 is 0 Å². The predicted octanol–water partition coefficient (Wildman–Crippen LogP) is 4.37. The molecule has 0 saturated carbocycles. The van der Waals surface area contributed by atoms with Gasteiger partial charge in [-0.2, -0.15) is 0 Å². The highest BCUT2D eigenvalue weighted by Gasteiger charge is 2.36. The lowest BCUT2D eigenvalue weighted by Crippen LogP contribution is -2.42. The maximum Gasteiger partial charge on any atom is 0.192 e. The van der Waals surface area contributed by atoms with Gasteiger partial charge in [0.05, 0.1) is 0 Å². The lowest BCUT2D eigenvalue weighted by atomic mass is 10.1. The number of nitrogens with one attached hydrogen (secondary N) is 1. The summed E-state index contributed by atoms with van der Waals surface area (Å²) in [5, 5.41) is 3.69. The van der Waals surface area contributed by atoms with Gasteiger partial charge in [-0.15, -0.1) is 0 Å². The Morgan fingerprint density at radius 1 is 1.10 bits per heavy atom. The van der Waals surface area contributed by atoms with Crippen molar-refractivity contribution in [2.24, 2.45) is 0 Å². The Kier molecular flexibility index (Phi) is 7.04. The van der Waals surface area contributed by atoms with Crippen molar-refractivity contribution in [1.82, 2.24) is 5.32 Å². The molecular weight excluding hydrogens is 281 g/mol. The maximum atomic E-state index is 12.8. The Morgan fingerprint density at radius 3 is 2.29 bits per heavy atom. The highest BCUT2D eigenvalue weighted by atomic mass is 28.4. The van der Waals surface area contributed by atoms with Crippen molar-refractivity contribution in [2.75, 3.05) is 19.7 Å². The summed E-state index contributed by atoms with van der Waals surface area (Å²) >= 11 is 0. The SMILES string of the molecule is CC(C)(C)[Si](C)(C)OCCNCCCc1ccc(F)cc1. The van der Waals surface area contributed by atoms with Gasteiger partial charge in [-0.25, -0.2) is 4.39 Å². The molecule has 1 aromatic rings. The highest BCUT2D eigenvalue weighted by Crippen LogP contribution is 2.36. The highest BCUT2D eigenvalue weighted by molar-refractivity contribution is 6.74. The molecule has 0 aromatic heterocycles. The van der Waals surface area contributed by atoms with Crippen LogP contribution in [0.4, 0.5) is 4.39 Å². The molecule has 1 N–H and O–H groups in total. The molecule has 0 heterocycles. The van der Waals surface area contributed by atoms with E-state index in [0.717, 1.165) is 32.5 Å². The van der Waals surface area contributed by atoms with E-state index >= 15 is 0 Å². The van der Waals surface area contributed by atoms with Crippen molar-refractivity contribution in [2.45, 2.75) is 51.7 Å². The zero-order valence-electron chi connectivity index (χ0n) is 14.1. The molecule has 0 atom stereocenters. The molecule has 0 aliphatic rings. The van der Waals surface area contributed by atoms with Crippen LogP contribution in [0, 0.1) is 5.82 Å².